The first kappa shape index (κ1) is 9.51. The molecule has 1 aromatic rings. The molecule has 4 heteroatoms. The zero-order chi connectivity index (χ0) is 10.0. The lowest BCUT2D eigenvalue weighted by molar-refractivity contribution is -0.386. The van der Waals surface area contributed by atoms with E-state index in [1.807, 2.05) is 6.92 Å². The Bertz CT molecular complexity index is 347. The summed E-state index contributed by atoms with van der Waals surface area (Å²) in [6, 6.07) is 3.42. The zero-order valence-corrected chi connectivity index (χ0v) is 7.83. The van der Waals surface area contributed by atoms with E-state index in [2.05, 4.69) is 0 Å². The number of nitrogens with zero attached hydrogens (tertiary/aromatic N) is 1. The van der Waals surface area contributed by atoms with Gasteiger partial charge in [-0.2, -0.15) is 0 Å². The smallest absolute Gasteiger partial charge is 0.313 e. The van der Waals surface area contributed by atoms with Crippen LogP contribution in [0.1, 0.15) is 11.1 Å². The van der Waals surface area contributed by atoms with Gasteiger partial charge >= 0.3 is 5.69 Å². The van der Waals surface area contributed by atoms with Crippen molar-refractivity contribution in [3.63, 3.8) is 0 Å². The molecule has 0 N–H and O–H groups in total. The molecule has 70 valence electrons. The van der Waals surface area contributed by atoms with Gasteiger partial charge < -0.3 is 4.74 Å². The van der Waals surface area contributed by atoms with Crippen molar-refractivity contribution in [3.8, 4) is 5.75 Å². The van der Waals surface area contributed by atoms with Crippen LogP contribution in [-0.4, -0.2) is 12.0 Å². The van der Waals surface area contributed by atoms with Gasteiger partial charge in [-0.15, -0.1) is 0 Å². The molecule has 4 nitrogen and oxygen atoms in total. The Morgan fingerprint density at radius 3 is 2.46 bits per heavy atom. The van der Waals surface area contributed by atoms with Crippen LogP contribution >= 0.6 is 0 Å². The van der Waals surface area contributed by atoms with Gasteiger partial charge in [-0.05, 0) is 31.5 Å². The first-order chi connectivity index (χ1) is 6.06. The first-order valence-corrected chi connectivity index (χ1v) is 3.86. The average molecular weight is 181 g/mol. The maximum absolute atomic E-state index is 10.6. The van der Waals surface area contributed by atoms with E-state index in [1.54, 1.807) is 19.1 Å². The minimum Gasteiger partial charge on any atom is -0.490 e. The van der Waals surface area contributed by atoms with E-state index in [4.69, 9.17) is 4.74 Å². The molecule has 0 heterocycles. The van der Waals surface area contributed by atoms with E-state index in [9.17, 15) is 10.1 Å². The second kappa shape index (κ2) is 3.43. The minimum atomic E-state index is -0.423. The number of methoxy groups -OCH3 is 1. The van der Waals surface area contributed by atoms with Crippen molar-refractivity contribution in [3.05, 3.63) is 33.4 Å². The fourth-order valence-corrected chi connectivity index (χ4v) is 1.31. The molecule has 0 spiro atoms. The van der Waals surface area contributed by atoms with Gasteiger partial charge in [-0.25, -0.2) is 0 Å². The third-order valence-corrected chi connectivity index (χ3v) is 1.81. The number of benzene rings is 1. The van der Waals surface area contributed by atoms with Crippen LogP contribution in [0.15, 0.2) is 12.1 Å². The normalized spacial score (nSPS) is 9.77. The molecule has 1 rings (SSSR count). The quantitative estimate of drug-likeness (QED) is 0.519. The Labute approximate surface area is 76.3 Å². The molecule has 13 heavy (non-hydrogen) atoms. The van der Waals surface area contributed by atoms with Crippen LogP contribution in [0.2, 0.25) is 0 Å². The van der Waals surface area contributed by atoms with E-state index in [1.165, 1.54) is 7.11 Å². The lowest BCUT2D eigenvalue weighted by Gasteiger charge is -2.04. The Balaban J connectivity index is 3.38. The molecular formula is C9H11NO3. The SMILES string of the molecule is COc1cc(C)cc(C)c1[N+](=O)[O-]. The van der Waals surface area contributed by atoms with Gasteiger partial charge in [0, 0.05) is 5.56 Å². The number of aryl methyl sites for hydroxylation is 2. The molecule has 0 saturated heterocycles. The lowest BCUT2D eigenvalue weighted by atomic mass is 10.1. The maximum Gasteiger partial charge on any atom is 0.313 e. The minimum absolute atomic E-state index is 0.0492. The van der Waals surface area contributed by atoms with Gasteiger partial charge in [-0.1, -0.05) is 0 Å². The summed E-state index contributed by atoms with van der Waals surface area (Å²) >= 11 is 0. The highest BCUT2D eigenvalue weighted by Gasteiger charge is 2.17. The van der Waals surface area contributed by atoms with E-state index in [0.29, 0.717) is 11.3 Å². The average Bonchev–Trinajstić information content (AvgIpc) is 2.01. The Morgan fingerprint density at radius 2 is 2.00 bits per heavy atom. The number of hydrogen-bond acceptors (Lipinski definition) is 3. The summed E-state index contributed by atoms with van der Waals surface area (Å²) in [4.78, 5) is 10.2. The van der Waals surface area contributed by atoms with Crippen molar-refractivity contribution in [2.75, 3.05) is 7.11 Å². The highest BCUT2D eigenvalue weighted by molar-refractivity contribution is 5.54. The molecule has 0 atom stereocenters. The van der Waals surface area contributed by atoms with Gasteiger partial charge in [0.15, 0.2) is 5.75 Å². The van der Waals surface area contributed by atoms with Crippen molar-refractivity contribution in [1.29, 1.82) is 0 Å². The van der Waals surface area contributed by atoms with Crippen molar-refractivity contribution >= 4 is 5.69 Å². The van der Waals surface area contributed by atoms with E-state index in [0.717, 1.165) is 5.56 Å². The molecular weight excluding hydrogens is 170 g/mol. The van der Waals surface area contributed by atoms with Crippen LogP contribution in [-0.2, 0) is 0 Å². The number of hydrogen-bond donors (Lipinski definition) is 0. The molecule has 0 saturated carbocycles. The van der Waals surface area contributed by atoms with Crippen molar-refractivity contribution < 1.29 is 9.66 Å². The third-order valence-electron chi connectivity index (χ3n) is 1.81. The molecule has 0 bridgehead atoms. The Kier molecular flexibility index (Phi) is 2.51. The molecule has 0 aliphatic carbocycles. The Morgan fingerprint density at radius 1 is 1.38 bits per heavy atom. The molecule has 1 aromatic carbocycles. The predicted molar refractivity (Wildman–Crippen MR) is 49.1 cm³/mol. The van der Waals surface area contributed by atoms with Crippen LogP contribution in [0.4, 0.5) is 5.69 Å². The summed E-state index contributed by atoms with van der Waals surface area (Å²) in [5.74, 6) is 0.322. The van der Waals surface area contributed by atoms with E-state index in [-0.39, 0.29) is 5.69 Å². The lowest BCUT2D eigenvalue weighted by Crippen LogP contribution is -1.97. The van der Waals surface area contributed by atoms with Crippen molar-refractivity contribution in [2.45, 2.75) is 13.8 Å². The van der Waals surface area contributed by atoms with Crippen LogP contribution < -0.4 is 4.74 Å². The van der Waals surface area contributed by atoms with Crippen molar-refractivity contribution in [2.24, 2.45) is 0 Å². The monoisotopic (exact) mass is 181 g/mol. The van der Waals surface area contributed by atoms with Crippen LogP contribution in [0.3, 0.4) is 0 Å². The fraction of sp³-hybridized carbons (Fsp3) is 0.333. The van der Waals surface area contributed by atoms with E-state index < -0.39 is 4.92 Å². The zero-order valence-electron chi connectivity index (χ0n) is 7.83. The molecule has 0 unspecified atom stereocenters. The summed E-state index contributed by atoms with van der Waals surface area (Å²) in [7, 11) is 1.43. The highest BCUT2D eigenvalue weighted by Crippen LogP contribution is 2.31. The standard InChI is InChI=1S/C9H11NO3/c1-6-4-7(2)9(10(11)12)8(5-6)13-3/h4-5H,1-3H3. The van der Waals surface area contributed by atoms with Gasteiger partial charge in [-0.3, -0.25) is 10.1 Å². The number of nitro benzene ring substituents is 1. The third kappa shape index (κ3) is 1.77. The van der Waals surface area contributed by atoms with Gasteiger partial charge in [0.25, 0.3) is 0 Å². The highest BCUT2D eigenvalue weighted by atomic mass is 16.6. The maximum atomic E-state index is 10.6. The number of ether oxygens (including phenoxy) is 1. The molecule has 0 aliphatic heterocycles. The van der Waals surface area contributed by atoms with Crippen LogP contribution in [0.25, 0.3) is 0 Å². The molecule has 0 fully saturated rings. The van der Waals surface area contributed by atoms with Crippen molar-refractivity contribution in [1.82, 2.24) is 0 Å². The first-order valence-electron chi connectivity index (χ1n) is 3.86. The van der Waals surface area contributed by atoms with Crippen LogP contribution in [0.5, 0.6) is 5.75 Å². The molecule has 0 aliphatic rings. The fourth-order valence-electron chi connectivity index (χ4n) is 1.31. The summed E-state index contributed by atoms with van der Waals surface area (Å²) in [6.07, 6.45) is 0. The van der Waals surface area contributed by atoms with Gasteiger partial charge in [0.1, 0.15) is 0 Å². The second-order valence-electron chi connectivity index (χ2n) is 2.89. The molecule has 0 aromatic heterocycles. The summed E-state index contributed by atoms with van der Waals surface area (Å²) in [5, 5.41) is 10.6. The second-order valence-corrected chi connectivity index (χ2v) is 2.89. The van der Waals surface area contributed by atoms with Gasteiger partial charge in [0.2, 0.25) is 0 Å². The van der Waals surface area contributed by atoms with Gasteiger partial charge in [0.05, 0.1) is 12.0 Å². The molecule has 0 radical (unpaired) electrons. The van der Waals surface area contributed by atoms with Crippen LogP contribution in [0, 0.1) is 24.0 Å². The molecule has 0 amide bonds. The number of rotatable bonds is 2. The summed E-state index contributed by atoms with van der Waals surface area (Å²) in [6.45, 7) is 3.58. The Hall–Kier alpha value is -1.58. The topological polar surface area (TPSA) is 52.4 Å². The van der Waals surface area contributed by atoms with E-state index >= 15 is 0 Å². The number of nitro groups is 1. The summed E-state index contributed by atoms with van der Waals surface area (Å²) < 4.78 is 4.93. The predicted octanol–water partition coefficient (Wildman–Crippen LogP) is 2.22. The largest absolute Gasteiger partial charge is 0.490 e. The summed E-state index contributed by atoms with van der Waals surface area (Å²) in [5.41, 5.74) is 1.63.